The van der Waals surface area contributed by atoms with Gasteiger partial charge in [0.05, 0.1) is 6.54 Å². The van der Waals surface area contributed by atoms with E-state index in [1.807, 2.05) is 54.6 Å². The van der Waals surface area contributed by atoms with Crippen LogP contribution >= 0.6 is 0 Å². The second-order valence-corrected chi connectivity index (χ2v) is 4.66. The van der Waals surface area contributed by atoms with Crippen LogP contribution in [0.15, 0.2) is 54.6 Å². The van der Waals surface area contributed by atoms with Crippen LogP contribution in [0.2, 0.25) is 0 Å². The molecule has 0 spiro atoms. The van der Waals surface area contributed by atoms with Gasteiger partial charge >= 0.3 is 0 Å². The Morgan fingerprint density at radius 3 is 2.33 bits per heavy atom. The van der Waals surface area contributed by atoms with Gasteiger partial charge in [-0.25, -0.2) is 0 Å². The van der Waals surface area contributed by atoms with Crippen molar-refractivity contribution in [3.63, 3.8) is 0 Å². The summed E-state index contributed by atoms with van der Waals surface area (Å²) in [5.74, 6) is 1.49. The third-order valence-electron chi connectivity index (χ3n) is 2.83. The predicted molar refractivity (Wildman–Crippen MR) is 84.7 cm³/mol. The smallest absolute Gasteiger partial charge is 0.238 e. The molecule has 2 aromatic rings. The van der Waals surface area contributed by atoms with Crippen LogP contribution in [0.3, 0.4) is 0 Å². The minimum absolute atomic E-state index is 0.0415. The maximum Gasteiger partial charge on any atom is 0.238 e. The third kappa shape index (κ3) is 5.28. The molecular formula is C17H20N2O2. The molecule has 2 aromatic carbocycles. The van der Waals surface area contributed by atoms with Gasteiger partial charge in [0, 0.05) is 5.69 Å². The summed E-state index contributed by atoms with van der Waals surface area (Å²) in [4.78, 5) is 11.7. The lowest BCUT2D eigenvalue weighted by Gasteiger charge is -2.08. The Bertz CT molecular complexity index is 553. The van der Waals surface area contributed by atoms with Gasteiger partial charge < -0.3 is 15.4 Å². The van der Waals surface area contributed by atoms with E-state index < -0.39 is 0 Å². The van der Waals surface area contributed by atoms with Crippen LogP contribution < -0.4 is 15.4 Å². The molecule has 4 heteroatoms. The molecular weight excluding hydrogens is 264 g/mol. The molecule has 0 aromatic heterocycles. The van der Waals surface area contributed by atoms with Crippen molar-refractivity contribution in [2.24, 2.45) is 0 Å². The number of anilines is 1. The standard InChI is InChI=1S/C17H20N2O2/c1-2-12-18-13-17(20)19-14-8-10-16(11-9-14)21-15-6-4-3-5-7-15/h3-11,18H,2,12-13H2,1H3,(H,19,20). The first-order valence-corrected chi connectivity index (χ1v) is 7.11. The number of benzene rings is 2. The van der Waals surface area contributed by atoms with E-state index >= 15 is 0 Å². The van der Waals surface area contributed by atoms with Gasteiger partial charge in [-0.1, -0.05) is 25.1 Å². The van der Waals surface area contributed by atoms with Crippen molar-refractivity contribution >= 4 is 11.6 Å². The number of carbonyl (C=O) groups is 1. The van der Waals surface area contributed by atoms with E-state index in [0.29, 0.717) is 6.54 Å². The van der Waals surface area contributed by atoms with Crippen molar-refractivity contribution in [2.75, 3.05) is 18.4 Å². The van der Waals surface area contributed by atoms with Crippen LogP contribution in [0.5, 0.6) is 11.5 Å². The van der Waals surface area contributed by atoms with E-state index in [4.69, 9.17) is 4.74 Å². The Labute approximate surface area is 125 Å². The van der Waals surface area contributed by atoms with Gasteiger partial charge in [0.15, 0.2) is 0 Å². The summed E-state index contributed by atoms with van der Waals surface area (Å²) < 4.78 is 5.69. The molecule has 0 aliphatic rings. The van der Waals surface area contributed by atoms with E-state index in [-0.39, 0.29) is 5.91 Å². The van der Waals surface area contributed by atoms with Crippen molar-refractivity contribution in [3.8, 4) is 11.5 Å². The molecule has 0 unspecified atom stereocenters. The number of para-hydroxylation sites is 1. The minimum atomic E-state index is -0.0415. The SMILES string of the molecule is CCCNCC(=O)Nc1ccc(Oc2ccccc2)cc1. The van der Waals surface area contributed by atoms with Crippen molar-refractivity contribution in [1.29, 1.82) is 0 Å². The fraction of sp³-hybridized carbons (Fsp3) is 0.235. The van der Waals surface area contributed by atoms with Gasteiger partial charge in [0.1, 0.15) is 11.5 Å². The summed E-state index contributed by atoms with van der Waals surface area (Å²) in [6.45, 7) is 3.24. The largest absolute Gasteiger partial charge is 0.457 e. The van der Waals surface area contributed by atoms with E-state index in [0.717, 1.165) is 30.2 Å². The highest BCUT2D eigenvalue weighted by molar-refractivity contribution is 5.92. The number of hydrogen-bond donors (Lipinski definition) is 2. The lowest BCUT2D eigenvalue weighted by Crippen LogP contribution is -2.28. The Morgan fingerprint density at radius 2 is 1.67 bits per heavy atom. The molecule has 2 rings (SSSR count). The summed E-state index contributed by atoms with van der Waals surface area (Å²) >= 11 is 0. The van der Waals surface area contributed by atoms with Crippen LogP contribution in [0.25, 0.3) is 0 Å². The van der Waals surface area contributed by atoms with Crippen LogP contribution in [0.1, 0.15) is 13.3 Å². The van der Waals surface area contributed by atoms with Gasteiger partial charge in [0.2, 0.25) is 5.91 Å². The first-order chi connectivity index (χ1) is 10.3. The lowest BCUT2D eigenvalue weighted by atomic mass is 10.3. The number of rotatable bonds is 7. The van der Waals surface area contributed by atoms with Gasteiger partial charge in [-0.15, -0.1) is 0 Å². The van der Waals surface area contributed by atoms with E-state index in [1.165, 1.54) is 0 Å². The average Bonchev–Trinajstić information content (AvgIpc) is 2.51. The monoisotopic (exact) mass is 284 g/mol. The lowest BCUT2D eigenvalue weighted by molar-refractivity contribution is -0.115. The number of hydrogen-bond acceptors (Lipinski definition) is 3. The third-order valence-corrected chi connectivity index (χ3v) is 2.83. The highest BCUT2D eigenvalue weighted by Crippen LogP contribution is 2.22. The van der Waals surface area contributed by atoms with Gasteiger partial charge in [-0.3, -0.25) is 4.79 Å². The van der Waals surface area contributed by atoms with Crippen molar-refractivity contribution < 1.29 is 9.53 Å². The maximum atomic E-state index is 11.7. The van der Waals surface area contributed by atoms with Crippen molar-refractivity contribution in [1.82, 2.24) is 5.32 Å². The summed E-state index contributed by atoms with van der Waals surface area (Å²) in [5.41, 5.74) is 0.763. The first kappa shape index (κ1) is 15.1. The van der Waals surface area contributed by atoms with Crippen LogP contribution in [0.4, 0.5) is 5.69 Å². The Balaban J connectivity index is 1.85. The normalized spacial score (nSPS) is 10.1. The minimum Gasteiger partial charge on any atom is -0.457 e. The molecule has 0 saturated carbocycles. The van der Waals surface area contributed by atoms with Crippen molar-refractivity contribution in [2.45, 2.75) is 13.3 Å². The molecule has 1 amide bonds. The average molecular weight is 284 g/mol. The van der Waals surface area contributed by atoms with Gasteiger partial charge in [-0.2, -0.15) is 0 Å². The molecule has 0 saturated heterocycles. The van der Waals surface area contributed by atoms with Crippen molar-refractivity contribution in [3.05, 3.63) is 54.6 Å². The summed E-state index contributed by atoms with van der Waals surface area (Å²) in [6, 6.07) is 16.9. The van der Waals surface area contributed by atoms with E-state index in [9.17, 15) is 4.79 Å². The summed E-state index contributed by atoms with van der Waals surface area (Å²) in [6.07, 6.45) is 1.01. The Morgan fingerprint density at radius 1 is 1.00 bits per heavy atom. The Hall–Kier alpha value is -2.33. The number of ether oxygens (including phenoxy) is 1. The molecule has 0 fully saturated rings. The zero-order chi connectivity index (χ0) is 14.9. The molecule has 0 aliphatic carbocycles. The summed E-state index contributed by atoms with van der Waals surface area (Å²) in [5, 5.41) is 5.90. The molecule has 0 heterocycles. The zero-order valence-corrected chi connectivity index (χ0v) is 12.1. The van der Waals surface area contributed by atoms with Gasteiger partial charge in [0.25, 0.3) is 0 Å². The quantitative estimate of drug-likeness (QED) is 0.766. The van der Waals surface area contributed by atoms with E-state index in [2.05, 4.69) is 17.6 Å². The number of amides is 1. The second-order valence-electron chi connectivity index (χ2n) is 4.66. The zero-order valence-electron chi connectivity index (χ0n) is 12.1. The van der Waals surface area contributed by atoms with E-state index in [1.54, 1.807) is 0 Å². The highest BCUT2D eigenvalue weighted by Gasteiger charge is 2.02. The molecule has 110 valence electrons. The fourth-order valence-electron chi connectivity index (χ4n) is 1.81. The number of carbonyl (C=O) groups excluding carboxylic acids is 1. The first-order valence-electron chi connectivity index (χ1n) is 7.11. The molecule has 4 nitrogen and oxygen atoms in total. The molecule has 2 N–H and O–H groups in total. The molecule has 0 radical (unpaired) electrons. The Kier molecular flexibility index (Phi) is 5.79. The molecule has 21 heavy (non-hydrogen) atoms. The second kappa shape index (κ2) is 8.07. The predicted octanol–water partition coefficient (Wildman–Crippen LogP) is 3.42. The van der Waals surface area contributed by atoms with Crippen LogP contribution in [-0.4, -0.2) is 19.0 Å². The summed E-state index contributed by atoms with van der Waals surface area (Å²) in [7, 11) is 0. The molecule has 0 aliphatic heterocycles. The fourth-order valence-corrected chi connectivity index (χ4v) is 1.81. The van der Waals surface area contributed by atoms with Crippen LogP contribution in [0, 0.1) is 0 Å². The topological polar surface area (TPSA) is 50.4 Å². The highest BCUT2D eigenvalue weighted by atomic mass is 16.5. The molecule has 0 bridgehead atoms. The van der Waals surface area contributed by atoms with Gasteiger partial charge in [-0.05, 0) is 49.4 Å². The van der Waals surface area contributed by atoms with Crippen LogP contribution in [-0.2, 0) is 4.79 Å². The number of nitrogens with one attached hydrogen (secondary N) is 2. The molecule has 0 atom stereocenters. The maximum absolute atomic E-state index is 11.7.